The Kier molecular flexibility index (Phi) is 5.80. The van der Waals surface area contributed by atoms with Crippen molar-refractivity contribution in [3.63, 3.8) is 0 Å². The lowest BCUT2D eigenvalue weighted by molar-refractivity contribution is -0.123. The molecule has 7 heteroatoms. The van der Waals surface area contributed by atoms with Crippen molar-refractivity contribution in [3.05, 3.63) is 47.0 Å². The molecular weight excluding hydrogens is 348 g/mol. The van der Waals surface area contributed by atoms with E-state index in [1.807, 2.05) is 32.0 Å². The van der Waals surface area contributed by atoms with E-state index in [2.05, 4.69) is 10.5 Å². The molecule has 1 aliphatic heterocycles. The number of aryl methyl sites for hydroxylation is 2. The molecule has 0 atom stereocenters. The Bertz CT molecular complexity index is 846. The molecule has 0 aromatic heterocycles. The highest BCUT2D eigenvalue weighted by atomic mass is 16.6. The van der Waals surface area contributed by atoms with Crippen LogP contribution in [0.1, 0.15) is 16.7 Å². The smallest absolute Gasteiger partial charge is 0.277 e. The van der Waals surface area contributed by atoms with Crippen molar-refractivity contribution in [2.75, 3.05) is 26.9 Å². The van der Waals surface area contributed by atoms with Gasteiger partial charge in [0.1, 0.15) is 19.0 Å². The van der Waals surface area contributed by atoms with Gasteiger partial charge in [0, 0.05) is 5.56 Å². The summed E-state index contributed by atoms with van der Waals surface area (Å²) in [5.74, 6) is 2.01. The van der Waals surface area contributed by atoms with Crippen molar-refractivity contribution in [2.24, 2.45) is 5.10 Å². The molecule has 0 unspecified atom stereocenters. The number of nitrogens with one attached hydrogen (secondary N) is 1. The minimum Gasteiger partial charge on any atom is -0.493 e. The molecule has 1 heterocycles. The SMILES string of the molecule is COc1cc(/C=N\NC(=O)COc2ccc(C)c(C)c2)cc2c1OCCO2. The molecular formula is C20H22N2O5. The minimum absolute atomic E-state index is 0.121. The van der Waals surface area contributed by atoms with Crippen LogP contribution in [-0.2, 0) is 4.79 Å². The normalized spacial score (nSPS) is 12.7. The van der Waals surface area contributed by atoms with Crippen LogP contribution >= 0.6 is 0 Å². The summed E-state index contributed by atoms with van der Waals surface area (Å²) in [6.45, 7) is 4.85. The first-order valence-electron chi connectivity index (χ1n) is 8.56. The van der Waals surface area contributed by atoms with Crippen molar-refractivity contribution in [2.45, 2.75) is 13.8 Å². The van der Waals surface area contributed by atoms with Crippen LogP contribution in [0.4, 0.5) is 0 Å². The maximum atomic E-state index is 11.9. The molecule has 0 aliphatic carbocycles. The maximum absolute atomic E-state index is 11.9. The Morgan fingerprint density at radius 3 is 2.78 bits per heavy atom. The van der Waals surface area contributed by atoms with E-state index < -0.39 is 0 Å². The predicted octanol–water partition coefficient (Wildman–Crippen LogP) is 2.61. The first-order valence-corrected chi connectivity index (χ1v) is 8.56. The second-order valence-corrected chi connectivity index (χ2v) is 6.08. The average molecular weight is 370 g/mol. The second-order valence-electron chi connectivity index (χ2n) is 6.08. The first-order chi connectivity index (χ1) is 13.1. The molecule has 0 fully saturated rings. The van der Waals surface area contributed by atoms with E-state index in [4.69, 9.17) is 18.9 Å². The van der Waals surface area contributed by atoms with E-state index in [1.54, 1.807) is 19.2 Å². The third-order valence-corrected chi connectivity index (χ3v) is 4.10. The number of hydrogen-bond acceptors (Lipinski definition) is 6. The number of rotatable bonds is 6. The molecule has 0 radical (unpaired) electrons. The lowest BCUT2D eigenvalue weighted by atomic mass is 10.1. The molecule has 2 aromatic carbocycles. The Labute approximate surface area is 157 Å². The van der Waals surface area contributed by atoms with Crippen molar-refractivity contribution in [1.82, 2.24) is 5.43 Å². The molecule has 2 aromatic rings. The molecule has 1 amide bonds. The number of methoxy groups -OCH3 is 1. The number of amides is 1. The number of nitrogens with zero attached hydrogens (tertiary/aromatic N) is 1. The number of fused-ring (bicyclic) bond motifs is 1. The number of hydrogen-bond donors (Lipinski definition) is 1. The van der Waals surface area contributed by atoms with Gasteiger partial charge in [-0.15, -0.1) is 0 Å². The van der Waals surface area contributed by atoms with Crippen molar-refractivity contribution >= 4 is 12.1 Å². The molecule has 3 rings (SSSR count). The highest BCUT2D eigenvalue weighted by Crippen LogP contribution is 2.39. The van der Waals surface area contributed by atoms with E-state index in [0.29, 0.717) is 41.8 Å². The number of carbonyl (C=O) groups is 1. The van der Waals surface area contributed by atoms with Crippen molar-refractivity contribution < 1.29 is 23.7 Å². The second kappa shape index (κ2) is 8.44. The summed E-state index contributed by atoms with van der Waals surface area (Å²) in [6, 6.07) is 9.22. The van der Waals surface area contributed by atoms with Gasteiger partial charge >= 0.3 is 0 Å². The van der Waals surface area contributed by atoms with Crippen LogP contribution in [0.25, 0.3) is 0 Å². The van der Waals surface area contributed by atoms with Gasteiger partial charge in [0.25, 0.3) is 5.91 Å². The monoisotopic (exact) mass is 370 g/mol. The van der Waals surface area contributed by atoms with Gasteiger partial charge in [0.15, 0.2) is 18.1 Å². The third kappa shape index (κ3) is 4.69. The van der Waals surface area contributed by atoms with Crippen molar-refractivity contribution in [3.8, 4) is 23.0 Å². The number of hydrazone groups is 1. The average Bonchev–Trinajstić information content (AvgIpc) is 2.68. The quantitative estimate of drug-likeness (QED) is 0.625. The number of carbonyl (C=O) groups excluding carboxylic acids is 1. The van der Waals surface area contributed by atoms with Crippen LogP contribution in [-0.4, -0.2) is 39.1 Å². The van der Waals surface area contributed by atoms with Gasteiger partial charge in [-0.2, -0.15) is 5.10 Å². The molecule has 1 N–H and O–H groups in total. The van der Waals surface area contributed by atoms with Gasteiger partial charge in [-0.05, 0) is 49.2 Å². The van der Waals surface area contributed by atoms with Crippen LogP contribution < -0.4 is 24.4 Å². The number of benzene rings is 2. The van der Waals surface area contributed by atoms with Crippen LogP contribution in [0, 0.1) is 13.8 Å². The van der Waals surface area contributed by atoms with Crippen LogP contribution in [0.5, 0.6) is 23.0 Å². The summed E-state index contributed by atoms with van der Waals surface area (Å²) in [5.41, 5.74) is 5.43. The van der Waals surface area contributed by atoms with E-state index in [1.165, 1.54) is 11.8 Å². The van der Waals surface area contributed by atoms with Gasteiger partial charge in [0.2, 0.25) is 5.75 Å². The fourth-order valence-corrected chi connectivity index (χ4v) is 2.53. The zero-order valence-electron chi connectivity index (χ0n) is 15.6. The standard InChI is InChI=1S/C20H22N2O5/c1-13-4-5-16(8-14(13)2)27-12-19(23)22-21-11-15-9-17(24-3)20-18(10-15)25-6-7-26-20/h4-5,8-11H,6-7,12H2,1-3H3,(H,22,23)/b21-11-. The molecule has 0 spiro atoms. The lowest BCUT2D eigenvalue weighted by Gasteiger charge is -2.20. The van der Waals surface area contributed by atoms with Gasteiger partial charge < -0.3 is 18.9 Å². The molecule has 142 valence electrons. The van der Waals surface area contributed by atoms with Gasteiger partial charge in [0.05, 0.1) is 13.3 Å². The van der Waals surface area contributed by atoms with Crippen LogP contribution in [0.3, 0.4) is 0 Å². The summed E-state index contributed by atoms with van der Waals surface area (Å²) in [7, 11) is 1.56. The van der Waals surface area contributed by atoms with E-state index in [0.717, 1.165) is 5.56 Å². The molecule has 0 saturated carbocycles. The van der Waals surface area contributed by atoms with Gasteiger partial charge in [-0.1, -0.05) is 6.07 Å². The minimum atomic E-state index is -0.353. The summed E-state index contributed by atoms with van der Waals surface area (Å²) in [4.78, 5) is 11.9. The molecule has 0 bridgehead atoms. The zero-order valence-corrected chi connectivity index (χ0v) is 15.6. The Hall–Kier alpha value is -3.22. The topological polar surface area (TPSA) is 78.4 Å². The summed E-state index contributed by atoms with van der Waals surface area (Å²) in [5, 5.41) is 3.95. The fourth-order valence-electron chi connectivity index (χ4n) is 2.53. The lowest BCUT2D eigenvalue weighted by Crippen LogP contribution is -2.24. The first kappa shape index (κ1) is 18.6. The summed E-state index contributed by atoms with van der Waals surface area (Å²) >= 11 is 0. The zero-order chi connectivity index (χ0) is 19.2. The van der Waals surface area contributed by atoms with Gasteiger partial charge in [-0.3, -0.25) is 4.79 Å². The van der Waals surface area contributed by atoms with Crippen LogP contribution in [0.2, 0.25) is 0 Å². The largest absolute Gasteiger partial charge is 0.493 e. The molecule has 0 saturated heterocycles. The van der Waals surface area contributed by atoms with Gasteiger partial charge in [-0.25, -0.2) is 5.43 Å². The van der Waals surface area contributed by atoms with E-state index in [9.17, 15) is 4.79 Å². The molecule has 27 heavy (non-hydrogen) atoms. The number of ether oxygens (including phenoxy) is 4. The maximum Gasteiger partial charge on any atom is 0.277 e. The van der Waals surface area contributed by atoms with Crippen molar-refractivity contribution in [1.29, 1.82) is 0 Å². The Morgan fingerprint density at radius 2 is 2.00 bits per heavy atom. The van der Waals surface area contributed by atoms with E-state index >= 15 is 0 Å². The fraction of sp³-hybridized carbons (Fsp3) is 0.300. The van der Waals surface area contributed by atoms with Crippen LogP contribution in [0.15, 0.2) is 35.4 Å². The highest BCUT2D eigenvalue weighted by molar-refractivity contribution is 5.84. The third-order valence-electron chi connectivity index (χ3n) is 4.10. The highest BCUT2D eigenvalue weighted by Gasteiger charge is 2.17. The Morgan fingerprint density at radius 1 is 1.19 bits per heavy atom. The predicted molar refractivity (Wildman–Crippen MR) is 101 cm³/mol. The summed E-state index contributed by atoms with van der Waals surface area (Å²) < 4.78 is 21.9. The summed E-state index contributed by atoms with van der Waals surface area (Å²) in [6.07, 6.45) is 1.51. The van der Waals surface area contributed by atoms with E-state index in [-0.39, 0.29) is 12.5 Å². The Balaban J connectivity index is 1.56. The molecule has 1 aliphatic rings. The molecule has 7 nitrogen and oxygen atoms in total.